The Labute approximate surface area is 296 Å². The van der Waals surface area contributed by atoms with Gasteiger partial charge in [-0.15, -0.1) is 0 Å². The van der Waals surface area contributed by atoms with Crippen LogP contribution in [0.2, 0.25) is 0 Å². The number of benzene rings is 8. The molecule has 0 saturated carbocycles. The predicted octanol–water partition coefficient (Wildman–Crippen LogP) is 12.0. The minimum Gasteiger partial charge on any atom is -0.456 e. The molecule has 3 heterocycles. The van der Waals surface area contributed by atoms with Crippen LogP contribution in [0.4, 0.5) is 0 Å². The van der Waals surface area contributed by atoms with E-state index in [1.54, 1.807) is 0 Å². The third-order valence-corrected chi connectivity index (χ3v) is 9.93. The van der Waals surface area contributed by atoms with E-state index in [9.17, 15) is 0 Å². The second-order valence-corrected chi connectivity index (χ2v) is 13.0. The zero-order valence-electron chi connectivity index (χ0n) is 27.6. The summed E-state index contributed by atoms with van der Waals surface area (Å²) in [5.41, 5.74) is 6.85. The fourth-order valence-electron chi connectivity index (χ4n) is 7.48. The molecule has 0 radical (unpaired) electrons. The Hall–Kier alpha value is -7.18. The van der Waals surface area contributed by atoms with Crippen molar-refractivity contribution >= 4 is 65.4 Å². The highest BCUT2D eigenvalue weighted by atomic mass is 16.3. The van der Waals surface area contributed by atoms with Gasteiger partial charge >= 0.3 is 0 Å². The molecule has 0 aliphatic carbocycles. The van der Waals surface area contributed by atoms with Crippen LogP contribution in [0.3, 0.4) is 0 Å². The molecule has 0 spiro atoms. The number of oxazole rings is 1. The van der Waals surface area contributed by atoms with E-state index in [1.165, 1.54) is 0 Å². The lowest BCUT2D eigenvalue weighted by Crippen LogP contribution is -2.00. The first kappa shape index (κ1) is 28.6. The van der Waals surface area contributed by atoms with Crippen LogP contribution in [0.1, 0.15) is 0 Å². The summed E-state index contributed by atoms with van der Waals surface area (Å²) < 4.78 is 12.8. The standard InChI is InChI=1S/C46H26N4O2/c1-3-10-30(11-4-1)43-48-44(50-45(49-43)34-15-9-17-38-41(34)33-14-7-8-16-37(33)51-38)32-23-19-27-18-20-28-21-22-29-24-25-36-42(40(29)39(28)35(27)26-32)52-46(47-36)31-12-5-2-6-13-31/h1-26H. The molecule has 6 nitrogen and oxygen atoms in total. The Balaban J connectivity index is 1.17. The number of nitrogens with zero attached hydrogens (tertiary/aromatic N) is 4. The third-order valence-electron chi connectivity index (χ3n) is 9.93. The minimum absolute atomic E-state index is 0.585. The lowest BCUT2D eigenvalue weighted by atomic mass is 9.94. The minimum atomic E-state index is 0.585. The van der Waals surface area contributed by atoms with Crippen LogP contribution < -0.4 is 0 Å². The van der Waals surface area contributed by atoms with E-state index in [4.69, 9.17) is 28.8 Å². The summed E-state index contributed by atoms with van der Waals surface area (Å²) in [6.07, 6.45) is 0. The van der Waals surface area contributed by atoms with Crippen LogP contribution in [-0.4, -0.2) is 19.9 Å². The van der Waals surface area contributed by atoms with Gasteiger partial charge in [-0.3, -0.25) is 0 Å². The Morgan fingerprint density at radius 2 is 1.00 bits per heavy atom. The Bertz CT molecular complexity index is 3180. The van der Waals surface area contributed by atoms with E-state index in [2.05, 4.69) is 60.7 Å². The van der Waals surface area contributed by atoms with E-state index < -0.39 is 0 Å². The van der Waals surface area contributed by atoms with Gasteiger partial charge in [-0.2, -0.15) is 0 Å². The van der Waals surface area contributed by atoms with Crippen LogP contribution in [0.25, 0.3) is 111 Å². The molecule has 3 aromatic heterocycles. The summed E-state index contributed by atoms with van der Waals surface area (Å²) in [4.78, 5) is 20.2. The topological polar surface area (TPSA) is 77.8 Å². The smallest absolute Gasteiger partial charge is 0.227 e. The highest BCUT2D eigenvalue weighted by molar-refractivity contribution is 6.26. The second-order valence-electron chi connectivity index (χ2n) is 13.0. The maximum absolute atomic E-state index is 6.58. The monoisotopic (exact) mass is 666 g/mol. The number of aromatic nitrogens is 4. The zero-order valence-corrected chi connectivity index (χ0v) is 27.6. The fraction of sp³-hybridized carbons (Fsp3) is 0. The summed E-state index contributed by atoms with van der Waals surface area (Å²) in [7, 11) is 0. The van der Waals surface area contributed by atoms with Crippen molar-refractivity contribution in [1.29, 1.82) is 0 Å². The lowest BCUT2D eigenvalue weighted by Gasteiger charge is -2.12. The molecule has 0 bridgehead atoms. The summed E-state index contributed by atoms with van der Waals surface area (Å²) in [6.45, 7) is 0. The van der Waals surface area contributed by atoms with Gasteiger partial charge in [-0.1, -0.05) is 121 Å². The van der Waals surface area contributed by atoms with Crippen molar-refractivity contribution in [2.24, 2.45) is 0 Å². The quantitative estimate of drug-likeness (QED) is 0.174. The molecule has 0 aliphatic heterocycles. The number of para-hydroxylation sites is 1. The maximum Gasteiger partial charge on any atom is 0.227 e. The Morgan fingerprint density at radius 3 is 1.83 bits per heavy atom. The third kappa shape index (κ3) is 4.44. The molecule has 8 aromatic carbocycles. The highest BCUT2D eigenvalue weighted by Crippen LogP contribution is 2.40. The van der Waals surface area contributed by atoms with E-state index >= 15 is 0 Å². The van der Waals surface area contributed by atoms with Crippen LogP contribution in [0.15, 0.2) is 167 Å². The molecule has 0 aliphatic rings. The highest BCUT2D eigenvalue weighted by Gasteiger charge is 2.19. The molecule has 11 rings (SSSR count). The van der Waals surface area contributed by atoms with Gasteiger partial charge in [0.25, 0.3) is 0 Å². The summed E-state index contributed by atoms with van der Waals surface area (Å²) in [5.74, 6) is 2.38. The number of fused-ring (bicyclic) bond motifs is 10. The normalized spacial score (nSPS) is 11.8. The fourth-order valence-corrected chi connectivity index (χ4v) is 7.48. The van der Waals surface area contributed by atoms with Crippen molar-refractivity contribution in [1.82, 2.24) is 19.9 Å². The number of hydrogen-bond acceptors (Lipinski definition) is 6. The van der Waals surface area contributed by atoms with Crippen LogP contribution in [0.5, 0.6) is 0 Å². The molecule has 0 unspecified atom stereocenters. The largest absolute Gasteiger partial charge is 0.456 e. The molecule has 52 heavy (non-hydrogen) atoms. The van der Waals surface area contributed by atoms with Gasteiger partial charge in [0.05, 0.1) is 0 Å². The molecule has 11 aromatic rings. The number of rotatable bonds is 4. The molecule has 0 amide bonds. The maximum atomic E-state index is 6.58. The molecular weight excluding hydrogens is 641 g/mol. The molecule has 0 atom stereocenters. The molecule has 0 saturated heterocycles. The van der Waals surface area contributed by atoms with Crippen molar-refractivity contribution in [3.8, 4) is 45.6 Å². The van der Waals surface area contributed by atoms with Gasteiger partial charge in [0.1, 0.15) is 16.7 Å². The first-order valence-electron chi connectivity index (χ1n) is 17.2. The van der Waals surface area contributed by atoms with E-state index in [0.717, 1.165) is 87.6 Å². The van der Waals surface area contributed by atoms with Crippen LogP contribution >= 0.6 is 0 Å². The van der Waals surface area contributed by atoms with Crippen LogP contribution in [0, 0.1) is 0 Å². The molecule has 0 N–H and O–H groups in total. The molecule has 0 fully saturated rings. The van der Waals surface area contributed by atoms with Gasteiger partial charge in [0.2, 0.25) is 5.89 Å². The Morgan fingerprint density at radius 1 is 0.365 bits per heavy atom. The zero-order chi connectivity index (χ0) is 34.2. The van der Waals surface area contributed by atoms with E-state index in [-0.39, 0.29) is 0 Å². The average molecular weight is 667 g/mol. The molecular formula is C46H26N4O2. The van der Waals surface area contributed by atoms with Crippen molar-refractivity contribution in [2.45, 2.75) is 0 Å². The van der Waals surface area contributed by atoms with Gasteiger partial charge in [-0.05, 0) is 57.9 Å². The molecule has 6 heteroatoms. The average Bonchev–Trinajstić information content (AvgIpc) is 3.83. The summed E-state index contributed by atoms with van der Waals surface area (Å²) in [5, 5.41) is 8.53. The Kier molecular flexibility index (Phi) is 6.15. The van der Waals surface area contributed by atoms with E-state index in [0.29, 0.717) is 23.4 Å². The van der Waals surface area contributed by atoms with Crippen molar-refractivity contribution in [3.05, 3.63) is 158 Å². The summed E-state index contributed by atoms with van der Waals surface area (Å²) in [6, 6.07) is 53.5. The molecule has 242 valence electrons. The van der Waals surface area contributed by atoms with Gasteiger partial charge < -0.3 is 8.83 Å². The SMILES string of the molecule is c1ccc(-c2nc(-c3ccc4ccc5ccc6ccc7nc(-c8ccccc8)oc7c6c5c4c3)nc(-c3cccc4oc5ccccc5c34)n2)cc1. The van der Waals surface area contributed by atoms with Crippen molar-refractivity contribution < 1.29 is 8.83 Å². The first-order valence-corrected chi connectivity index (χ1v) is 17.2. The predicted molar refractivity (Wildman–Crippen MR) is 209 cm³/mol. The first-order chi connectivity index (χ1) is 25.7. The van der Waals surface area contributed by atoms with Gasteiger partial charge in [-0.25, -0.2) is 19.9 Å². The van der Waals surface area contributed by atoms with Crippen molar-refractivity contribution in [3.63, 3.8) is 0 Å². The second kappa shape index (κ2) is 11.2. The van der Waals surface area contributed by atoms with E-state index in [1.807, 2.05) is 97.1 Å². The van der Waals surface area contributed by atoms with Gasteiger partial charge in [0, 0.05) is 43.8 Å². The van der Waals surface area contributed by atoms with Gasteiger partial charge in [0.15, 0.2) is 23.1 Å². The number of furan rings is 1. The lowest BCUT2D eigenvalue weighted by molar-refractivity contribution is 0.623. The van der Waals surface area contributed by atoms with Crippen LogP contribution in [-0.2, 0) is 0 Å². The summed E-state index contributed by atoms with van der Waals surface area (Å²) >= 11 is 0. The van der Waals surface area contributed by atoms with Crippen molar-refractivity contribution in [2.75, 3.05) is 0 Å². The number of hydrogen-bond donors (Lipinski definition) is 0.